The highest BCUT2D eigenvalue weighted by Crippen LogP contribution is 2.40. The second-order valence-electron chi connectivity index (χ2n) is 5.99. The average Bonchev–Trinajstić information content (AvgIpc) is 2.99. The van der Waals surface area contributed by atoms with Crippen molar-refractivity contribution in [3.05, 3.63) is 18.0 Å². The standard InChI is InChI=1S/C14H22N2O/c1-14(2,3)13-11(16(4)5)8-15-9-12(13)17-10-6-7-10/h8-10H,6-7H2,1-5H3. The number of aromatic nitrogens is 1. The Bertz CT molecular complexity index is 403. The fourth-order valence-electron chi connectivity index (χ4n) is 1.98. The van der Waals surface area contributed by atoms with Crippen LogP contribution in [0.15, 0.2) is 12.4 Å². The highest BCUT2D eigenvalue weighted by molar-refractivity contribution is 5.59. The van der Waals surface area contributed by atoms with Gasteiger partial charge < -0.3 is 9.64 Å². The van der Waals surface area contributed by atoms with Crippen LogP contribution in [0, 0.1) is 0 Å². The van der Waals surface area contributed by atoms with Crippen LogP contribution in [0.2, 0.25) is 0 Å². The Hall–Kier alpha value is -1.25. The van der Waals surface area contributed by atoms with Gasteiger partial charge >= 0.3 is 0 Å². The van der Waals surface area contributed by atoms with Gasteiger partial charge in [-0.05, 0) is 18.3 Å². The first-order valence-electron chi connectivity index (χ1n) is 6.22. The third kappa shape index (κ3) is 2.71. The molecule has 2 rings (SSSR count). The normalized spacial score (nSPS) is 15.8. The van der Waals surface area contributed by atoms with Crippen LogP contribution in [-0.4, -0.2) is 25.2 Å². The Morgan fingerprint density at radius 2 is 1.88 bits per heavy atom. The van der Waals surface area contributed by atoms with Gasteiger partial charge in [0.2, 0.25) is 0 Å². The van der Waals surface area contributed by atoms with Gasteiger partial charge in [0, 0.05) is 19.7 Å². The van der Waals surface area contributed by atoms with Gasteiger partial charge in [-0.15, -0.1) is 0 Å². The molecule has 0 aliphatic heterocycles. The monoisotopic (exact) mass is 234 g/mol. The Labute approximate surface area is 104 Å². The lowest BCUT2D eigenvalue weighted by atomic mass is 9.85. The van der Waals surface area contributed by atoms with E-state index in [0.717, 1.165) is 11.4 Å². The molecular formula is C14H22N2O. The summed E-state index contributed by atoms with van der Waals surface area (Å²) in [5.74, 6) is 0.950. The highest BCUT2D eigenvalue weighted by Gasteiger charge is 2.29. The minimum Gasteiger partial charge on any atom is -0.488 e. The van der Waals surface area contributed by atoms with Crippen molar-refractivity contribution in [2.45, 2.75) is 45.1 Å². The minimum absolute atomic E-state index is 0.0623. The number of rotatable bonds is 3. The molecule has 1 aromatic rings. The molecule has 3 nitrogen and oxygen atoms in total. The molecule has 3 heteroatoms. The largest absolute Gasteiger partial charge is 0.488 e. The average molecular weight is 234 g/mol. The third-order valence-electron chi connectivity index (χ3n) is 2.94. The molecule has 0 saturated heterocycles. The van der Waals surface area contributed by atoms with E-state index in [1.54, 1.807) is 0 Å². The van der Waals surface area contributed by atoms with Crippen molar-refractivity contribution >= 4 is 5.69 Å². The number of pyridine rings is 1. The van der Waals surface area contributed by atoms with E-state index in [1.165, 1.54) is 18.4 Å². The van der Waals surface area contributed by atoms with E-state index in [4.69, 9.17) is 4.74 Å². The molecule has 1 heterocycles. The first-order chi connectivity index (χ1) is 7.89. The van der Waals surface area contributed by atoms with E-state index >= 15 is 0 Å². The molecule has 0 N–H and O–H groups in total. The Balaban J connectivity index is 2.45. The van der Waals surface area contributed by atoms with Crippen molar-refractivity contribution in [3.8, 4) is 5.75 Å². The van der Waals surface area contributed by atoms with Crippen LogP contribution < -0.4 is 9.64 Å². The van der Waals surface area contributed by atoms with E-state index in [2.05, 4.69) is 30.7 Å². The summed E-state index contributed by atoms with van der Waals surface area (Å²) in [6.07, 6.45) is 6.54. The molecule has 1 fully saturated rings. The van der Waals surface area contributed by atoms with E-state index in [0.29, 0.717) is 6.10 Å². The summed E-state index contributed by atoms with van der Waals surface area (Å²) >= 11 is 0. The van der Waals surface area contributed by atoms with Crippen LogP contribution in [-0.2, 0) is 5.41 Å². The Morgan fingerprint density at radius 1 is 1.24 bits per heavy atom. The molecule has 1 saturated carbocycles. The zero-order valence-electron chi connectivity index (χ0n) is 11.4. The van der Waals surface area contributed by atoms with Gasteiger partial charge in [-0.25, -0.2) is 0 Å². The topological polar surface area (TPSA) is 25.4 Å². The summed E-state index contributed by atoms with van der Waals surface area (Å²) < 4.78 is 5.98. The molecule has 0 aromatic carbocycles. The summed E-state index contributed by atoms with van der Waals surface area (Å²) in [4.78, 5) is 6.40. The van der Waals surface area contributed by atoms with Gasteiger partial charge in [-0.3, -0.25) is 4.98 Å². The van der Waals surface area contributed by atoms with Crippen molar-refractivity contribution in [1.29, 1.82) is 0 Å². The molecular weight excluding hydrogens is 212 g/mol. The molecule has 0 amide bonds. The van der Waals surface area contributed by atoms with E-state index in [1.807, 2.05) is 26.5 Å². The number of hydrogen-bond acceptors (Lipinski definition) is 3. The van der Waals surface area contributed by atoms with Crippen LogP contribution in [0.1, 0.15) is 39.2 Å². The number of anilines is 1. The zero-order valence-corrected chi connectivity index (χ0v) is 11.4. The number of nitrogens with zero attached hydrogens (tertiary/aromatic N) is 2. The summed E-state index contributed by atoms with van der Waals surface area (Å²) in [5.41, 5.74) is 2.47. The molecule has 0 radical (unpaired) electrons. The van der Waals surface area contributed by atoms with Crippen molar-refractivity contribution < 1.29 is 4.74 Å². The third-order valence-corrected chi connectivity index (χ3v) is 2.94. The van der Waals surface area contributed by atoms with E-state index in [-0.39, 0.29) is 5.41 Å². The number of ether oxygens (including phenoxy) is 1. The lowest BCUT2D eigenvalue weighted by Gasteiger charge is -2.28. The van der Waals surface area contributed by atoms with Crippen LogP contribution >= 0.6 is 0 Å². The van der Waals surface area contributed by atoms with Gasteiger partial charge in [0.1, 0.15) is 5.75 Å². The maximum atomic E-state index is 5.98. The second kappa shape index (κ2) is 4.21. The molecule has 0 bridgehead atoms. The predicted octanol–water partition coefficient (Wildman–Crippen LogP) is 2.99. The summed E-state index contributed by atoms with van der Waals surface area (Å²) in [5, 5.41) is 0. The van der Waals surface area contributed by atoms with Gasteiger partial charge in [-0.1, -0.05) is 20.8 Å². The maximum absolute atomic E-state index is 5.98. The molecule has 0 atom stereocenters. The van der Waals surface area contributed by atoms with E-state index < -0.39 is 0 Å². The van der Waals surface area contributed by atoms with Crippen molar-refractivity contribution in [2.75, 3.05) is 19.0 Å². The number of hydrogen-bond donors (Lipinski definition) is 0. The zero-order chi connectivity index (χ0) is 12.6. The lowest BCUT2D eigenvalue weighted by Crippen LogP contribution is -2.21. The van der Waals surface area contributed by atoms with Crippen LogP contribution in [0.3, 0.4) is 0 Å². The highest BCUT2D eigenvalue weighted by atomic mass is 16.5. The van der Waals surface area contributed by atoms with Gasteiger partial charge in [0.15, 0.2) is 0 Å². The smallest absolute Gasteiger partial charge is 0.143 e. The molecule has 1 aromatic heterocycles. The molecule has 1 aliphatic rings. The predicted molar refractivity (Wildman–Crippen MR) is 70.9 cm³/mol. The maximum Gasteiger partial charge on any atom is 0.143 e. The molecule has 94 valence electrons. The molecule has 0 unspecified atom stereocenters. The van der Waals surface area contributed by atoms with Crippen LogP contribution in [0.4, 0.5) is 5.69 Å². The van der Waals surface area contributed by atoms with Crippen LogP contribution in [0.5, 0.6) is 5.75 Å². The van der Waals surface area contributed by atoms with Crippen molar-refractivity contribution in [3.63, 3.8) is 0 Å². The first-order valence-corrected chi connectivity index (χ1v) is 6.22. The van der Waals surface area contributed by atoms with Gasteiger partial charge in [0.05, 0.1) is 24.2 Å². The van der Waals surface area contributed by atoms with E-state index in [9.17, 15) is 0 Å². The summed E-state index contributed by atoms with van der Waals surface area (Å²) in [7, 11) is 4.10. The van der Waals surface area contributed by atoms with Crippen molar-refractivity contribution in [2.24, 2.45) is 0 Å². The van der Waals surface area contributed by atoms with Crippen molar-refractivity contribution in [1.82, 2.24) is 4.98 Å². The lowest BCUT2D eigenvalue weighted by molar-refractivity contribution is 0.293. The molecule has 17 heavy (non-hydrogen) atoms. The fraction of sp³-hybridized carbons (Fsp3) is 0.643. The quantitative estimate of drug-likeness (QED) is 0.804. The fourth-order valence-corrected chi connectivity index (χ4v) is 1.98. The molecule has 1 aliphatic carbocycles. The first kappa shape index (κ1) is 12.2. The SMILES string of the molecule is CN(C)c1cncc(OC2CC2)c1C(C)(C)C. The summed E-state index contributed by atoms with van der Waals surface area (Å²) in [6, 6.07) is 0. The van der Waals surface area contributed by atoms with Gasteiger partial charge in [-0.2, -0.15) is 0 Å². The minimum atomic E-state index is 0.0623. The Kier molecular flexibility index (Phi) is 3.02. The van der Waals surface area contributed by atoms with Gasteiger partial charge in [0.25, 0.3) is 0 Å². The van der Waals surface area contributed by atoms with Crippen LogP contribution in [0.25, 0.3) is 0 Å². The Morgan fingerprint density at radius 3 is 2.35 bits per heavy atom. The summed E-state index contributed by atoms with van der Waals surface area (Å²) in [6.45, 7) is 6.65. The second-order valence-corrected chi connectivity index (χ2v) is 5.99. The molecule has 0 spiro atoms.